The molecule has 2 aliphatic rings. The molecule has 3 heterocycles. The van der Waals surface area contributed by atoms with Gasteiger partial charge in [-0.2, -0.15) is 8.75 Å². The molecule has 44 heavy (non-hydrogen) atoms. The zero-order valence-corrected chi connectivity index (χ0v) is 26.2. The van der Waals surface area contributed by atoms with E-state index < -0.39 is 23.4 Å². The molecule has 2 saturated heterocycles. The van der Waals surface area contributed by atoms with Crippen LogP contribution in [0.15, 0.2) is 58.5 Å². The molecule has 5 rings (SSSR count). The van der Waals surface area contributed by atoms with Crippen LogP contribution >= 0.6 is 11.1 Å². The predicted molar refractivity (Wildman–Crippen MR) is 169 cm³/mol. The highest BCUT2D eigenvalue weighted by Gasteiger charge is 2.13. The average molecular weight is 627 g/mol. The summed E-state index contributed by atoms with van der Waals surface area (Å²) in [6, 6.07) is 16.0. The van der Waals surface area contributed by atoms with Gasteiger partial charge in [0, 0.05) is 13.1 Å². The number of H-pyrrole nitrogens is 2. The van der Waals surface area contributed by atoms with Gasteiger partial charge in [0.25, 0.3) is 0 Å². The molecular formula is C32H46N6O5S. The molecule has 0 spiro atoms. The van der Waals surface area contributed by atoms with Crippen LogP contribution in [0.2, 0.25) is 0 Å². The second-order valence-corrected chi connectivity index (χ2v) is 12.7. The van der Waals surface area contributed by atoms with E-state index in [0.717, 1.165) is 39.3 Å². The number of hydrogen-bond acceptors (Lipinski definition) is 9. The average Bonchev–Trinajstić information content (AvgIpc) is 3.41. The van der Waals surface area contributed by atoms with Crippen molar-refractivity contribution in [2.45, 2.75) is 63.8 Å². The molecule has 240 valence electrons. The van der Waals surface area contributed by atoms with Gasteiger partial charge in [0.15, 0.2) is 0 Å². The number of aliphatic hydroxyl groups excluding tert-OH is 2. The standard InChI is InChI=1S/C32H46N6O5S/c39-27(23-42-29-11-7-9-25(17-29)21-37-13-3-1-4-14-37)19-33-31-32(36-44(41)35-31)34-20-28(40)24-43-30-12-8-10-26(18-30)22-38-15-5-2-6-16-38/h7-12,17-18,27-28,39-40H,1-6,13-16,19-24H2,(H,33,35)(H,34,36). The molecule has 0 amide bonds. The fraction of sp³-hybridized carbons (Fsp3) is 0.562. The van der Waals surface area contributed by atoms with E-state index in [1.165, 1.54) is 49.7 Å². The minimum atomic E-state index is -1.59. The molecule has 1 aromatic heterocycles. The number of nitrogens with one attached hydrogen (secondary N) is 2. The molecule has 0 aliphatic carbocycles. The molecule has 12 heteroatoms. The number of aromatic nitrogens is 2. The third kappa shape index (κ3) is 10.6. The lowest BCUT2D eigenvalue weighted by Crippen LogP contribution is -2.31. The first kappa shape index (κ1) is 32.4. The number of aliphatic hydroxyl groups is 2. The highest BCUT2D eigenvalue weighted by atomic mass is 32.2. The normalized spacial score (nSPS) is 19.2. The van der Waals surface area contributed by atoms with Crippen molar-refractivity contribution in [2.75, 3.05) is 52.5 Å². The summed E-state index contributed by atoms with van der Waals surface area (Å²) in [5.74, 6) is 1.42. The third-order valence-corrected chi connectivity index (χ3v) is 8.67. The van der Waals surface area contributed by atoms with Crippen LogP contribution in [0.4, 0.5) is 0 Å². The van der Waals surface area contributed by atoms with E-state index >= 15 is 0 Å². The highest BCUT2D eigenvalue weighted by molar-refractivity contribution is 7.13. The molecule has 11 nitrogen and oxygen atoms in total. The molecule has 4 N–H and O–H groups in total. The largest absolute Gasteiger partial charge is 0.549 e. The van der Waals surface area contributed by atoms with Crippen LogP contribution in [0, 0.1) is 0 Å². The lowest BCUT2D eigenvalue weighted by Gasteiger charge is -2.26. The van der Waals surface area contributed by atoms with Gasteiger partial charge in [-0.15, -0.1) is 0 Å². The third-order valence-electron chi connectivity index (χ3n) is 7.91. The molecule has 2 aromatic carbocycles. The minimum Gasteiger partial charge on any atom is -0.549 e. The number of rotatable bonds is 14. The minimum absolute atomic E-state index is 0.0349. The van der Waals surface area contributed by atoms with Crippen LogP contribution in [0.5, 0.6) is 11.5 Å². The Hall–Kier alpha value is -3.00. The fourth-order valence-electron chi connectivity index (χ4n) is 5.61. The number of aromatic amines is 2. The van der Waals surface area contributed by atoms with Crippen LogP contribution in [-0.4, -0.2) is 98.0 Å². The van der Waals surface area contributed by atoms with E-state index in [0.29, 0.717) is 11.5 Å². The molecule has 2 unspecified atom stereocenters. The summed E-state index contributed by atoms with van der Waals surface area (Å²) in [7, 11) is 0. The van der Waals surface area contributed by atoms with Gasteiger partial charge in [0.1, 0.15) is 48.1 Å². The van der Waals surface area contributed by atoms with E-state index in [9.17, 15) is 14.8 Å². The van der Waals surface area contributed by atoms with Crippen LogP contribution < -0.4 is 20.4 Å². The van der Waals surface area contributed by atoms with Crippen LogP contribution in [0.1, 0.15) is 49.7 Å². The van der Waals surface area contributed by atoms with Gasteiger partial charge in [-0.25, -0.2) is 0 Å². The van der Waals surface area contributed by atoms with Gasteiger partial charge in [-0.1, -0.05) is 37.1 Å². The summed E-state index contributed by atoms with van der Waals surface area (Å²) in [5, 5.41) is 21.0. The number of hydrogen-bond donors (Lipinski definition) is 4. The topological polar surface area (TPSA) is 145 Å². The van der Waals surface area contributed by atoms with Crippen LogP contribution in [-0.2, 0) is 13.1 Å². The highest BCUT2D eigenvalue weighted by Crippen LogP contribution is 2.19. The number of likely N-dealkylation sites (tertiary alicyclic amines) is 2. The van der Waals surface area contributed by atoms with E-state index in [1.54, 1.807) is 0 Å². The zero-order valence-electron chi connectivity index (χ0n) is 25.4. The van der Waals surface area contributed by atoms with E-state index in [1.807, 2.05) is 36.4 Å². The molecule has 2 atom stereocenters. The molecular weight excluding hydrogens is 580 g/mol. The summed E-state index contributed by atoms with van der Waals surface area (Å²) in [6.45, 7) is 6.53. The quantitative estimate of drug-likeness (QED) is 0.202. The first-order valence-corrected chi connectivity index (χ1v) is 16.9. The Morgan fingerprint density at radius 3 is 1.57 bits per heavy atom. The van der Waals surface area contributed by atoms with Crippen molar-refractivity contribution in [3.8, 4) is 11.5 Å². The Morgan fingerprint density at radius 2 is 1.14 bits per heavy atom. The Kier molecular flexibility index (Phi) is 12.4. The Bertz CT molecular complexity index is 1320. The number of nitrogens with zero attached hydrogens (tertiary/aromatic N) is 4. The van der Waals surface area contributed by atoms with Crippen molar-refractivity contribution in [3.63, 3.8) is 0 Å². The lowest BCUT2D eigenvalue weighted by molar-refractivity contribution is 0.113. The molecule has 2 fully saturated rings. The fourth-order valence-corrected chi connectivity index (χ4v) is 6.34. The van der Waals surface area contributed by atoms with Gasteiger partial charge in [0.2, 0.25) is 11.0 Å². The Morgan fingerprint density at radius 1 is 0.705 bits per heavy atom. The molecule has 0 saturated carbocycles. The summed E-state index contributed by atoms with van der Waals surface area (Å²) >= 11 is -1.59. The Labute approximate surface area is 262 Å². The zero-order chi connectivity index (χ0) is 30.6. The van der Waals surface area contributed by atoms with Crippen molar-refractivity contribution in [3.05, 3.63) is 70.6 Å². The van der Waals surface area contributed by atoms with Gasteiger partial charge >= 0.3 is 0 Å². The summed E-state index contributed by atoms with van der Waals surface area (Å²) in [5.41, 5.74) is 2.92. The monoisotopic (exact) mass is 626 g/mol. The maximum absolute atomic E-state index is 12.1. The van der Waals surface area contributed by atoms with Gasteiger partial charge in [0.05, 0.1) is 13.1 Å². The maximum Gasteiger partial charge on any atom is 0.219 e. The summed E-state index contributed by atoms with van der Waals surface area (Å²) < 4.78 is 29.2. The molecule has 0 bridgehead atoms. The maximum atomic E-state index is 12.1. The Balaban J connectivity index is 1.08. The van der Waals surface area contributed by atoms with E-state index in [-0.39, 0.29) is 37.3 Å². The van der Waals surface area contributed by atoms with E-state index in [4.69, 9.17) is 9.47 Å². The van der Waals surface area contributed by atoms with Gasteiger partial charge in [-0.05, 0) is 87.3 Å². The van der Waals surface area contributed by atoms with Crippen molar-refractivity contribution in [2.24, 2.45) is 9.98 Å². The first-order chi connectivity index (χ1) is 21.5. The summed E-state index contributed by atoms with van der Waals surface area (Å²) in [6.07, 6.45) is 5.88. The van der Waals surface area contributed by atoms with Crippen molar-refractivity contribution >= 4 is 11.1 Å². The number of benzene rings is 2. The SMILES string of the molecule is [O-][s+]1[nH]c(=NCC(O)COc2cccc(CN3CCCCC3)c2)c(=NCC(O)COc2cccc(CN3CCCCC3)c2)[nH]1. The van der Waals surface area contributed by atoms with Gasteiger partial charge < -0.3 is 24.2 Å². The van der Waals surface area contributed by atoms with Crippen LogP contribution in [0.3, 0.4) is 0 Å². The first-order valence-electron chi connectivity index (χ1n) is 15.8. The smallest absolute Gasteiger partial charge is 0.219 e. The lowest BCUT2D eigenvalue weighted by atomic mass is 10.1. The van der Waals surface area contributed by atoms with Crippen molar-refractivity contribution in [1.82, 2.24) is 18.5 Å². The second-order valence-electron chi connectivity index (χ2n) is 11.7. The second kappa shape index (κ2) is 16.9. The molecule has 0 radical (unpaired) electrons. The predicted octanol–water partition coefficient (Wildman–Crippen LogP) is 2.72. The number of piperidine rings is 2. The van der Waals surface area contributed by atoms with Crippen molar-refractivity contribution < 1.29 is 24.2 Å². The molecule has 2 aliphatic heterocycles. The van der Waals surface area contributed by atoms with E-state index in [2.05, 4.69) is 40.7 Å². The van der Waals surface area contributed by atoms with Gasteiger partial charge in [-0.3, -0.25) is 19.8 Å². The van der Waals surface area contributed by atoms with Crippen LogP contribution in [0.25, 0.3) is 0 Å². The van der Waals surface area contributed by atoms with Crippen molar-refractivity contribution in [1.29, 1.82) is 0 Å². The number of ether oxygens (including phenoxy) is 2. The molecule has 3 aromatic rings. The summed E-state index contributed by atoms with van der Waals surface area (Å²) in [4.78, 5) is 13.6.